The van der Waals surface area contributed by atoms with Gasteiger partial charge >= 0.3 is 0 Å². The Bertz CT molecular complexity index is 938. The quantitative estimate of drug-likeness (QED) is 0.188. The van der Waals surface area contributed by atoms with Crippen molar-refractivity contribution in [1.82, 2.24) is 0 Å². The standard InChI is InChI=1S/C22H12Br2F4/c23-15-7-1-13(2-8-15)5-11-17-19(25)21(27)18(22(28)20(17)26)12-6-14-3-9-16(24)10-4-14/h1-12H/b11-5+,12-6+. The number of hydrogen-bond acceptors (Lipinski definition) is 0. The van der Waals surface area contributed by atoms with Crippen molar-refractivity contribution in [2.75, 3.05) is 0 Å². The van der Waals surface area contributed by atoms with E-state index in [4.69, 9.17) is 0 Å². The molecule has 0 aliphatic rings. The van der Waals surface area contributed by atoms with E-state index < -0.39 is 34.4 Å². The van der Waals surface area contributed by atoms with Gasteiger partial charge in [0.1, 0.15) is 0 Å². The Balaban J connectivity index is 1.96. The van der Waals surface area contributed by atoms with Gasteiger partial charge in [0.2, 0.25) is 0 Å². The molecule has 3 aromatic carbocycles. The summed E-state index contributed by atoms with van der Waals surface area (Å²) in [7, 11) is 0. The summed E-state index contributed by atoms with van der Waals surface area (Å²) in [5.41, 5.74) is -0.276. The van der Waals surface area contributed by atoms with Gasteiger partial charge in [0.25, 0.3) is 0 Å². The molecule has 0 bridgehead atoms. The molecule has 142 valence electrons. The molecule has 0 nitrogen and oxygen atoms in total. The first-order valence-corrected chi connectivity index (χ1v) is 9.68. The van der Waals surface area contributed by atoms with Crippen LogP contribution in [-0.2, 0) is 0 Å². The van der Waals surface area contributed by atoms with Crippen LogP contribution in [-0.4, -0.2) is 0 Å². The largest absolute Gasteiger partial charge is 0.203 e. The maximum absolute atomic E-state index is 14.4. The van der Waals surface area contributed by atoms with E-state index in [1.165, 1.54) is 12.2 Å². The van der Waals surface area contributed by atoms with Gasteiger partial charge in [0.05, 0.1) is 11.1 Å². The molecular formula is C22H12Br2F4. The predicted molar refractivity (Wildman–Crippen MR) is 112 cm³/mol. The van der Waals surface area contributed by atoms with Gasteiger partial charge in [-0.15, -0.1) is 0 Å². The zero-order chi connectivity index (χ0) is 20.3. The second-order valence-corrected chi connectivity index (χ2v) is 7.68. The summed E-state index contributed by atoms with van der Waals surface area (Å²) in [6.45, 7) is 0. The Kier molecular flexibility index (Phi) is 6.52. The van der Waals surface area contributed by atoms with E-state index >= 15 is 0 Å². The van der Waals surface area contributed by atoms with Crippen molar-refractivity contribution >= 4 is 56.2 Å². The topological polar surface area (TPSA) is 0 Å². The molecule has 3 rings (SSSR count). The SMILES string of the molecule is Fc1c(F)c(/C=C/c2ccc(Br)cc2)c(F)c(F)c1/C=C/c1ccc(Br)cc1. The fraction of sp³-hybridized carbons (Fsp3) is 0. The molecule has 0 heterocycles. The average molecular weight is 512 g/mol. The average Bonchev–Trinajstić information content (AvgIpc) is 2.69. The fourth-order valence-electron chi connectivity index (χ4n) is 2.47. The van der Waals surface area contributed by atoms with Gasteiger partial charge in [-0.1, -0.05) is 68.3 Å². The lowest BCUT2D eigenvalue weighted by atomic mass is 10.0. The van der Waals surface area contributed by atoms with Gasteiger partial charge in [-0.25, -0.2) is 17.6 Å². The molecule has 3 aromatic rings. The summed E-state index contributed by atoms with van der Waals surface area (Å²) in [6, 6.07) is 13.7. The first kappa shape index (κ1) is 20.6. The fourth-order valence-corrected chi connectivity index (χ4v) is 2.99. The molecule has 0 aromatic heterocycles. The summed E-state index contributed by atoms with van der Waals surface area (Å²) in [4.78, 5) is 0. The third kappa shape index (κ3) is 4.62. The monoisotopic (exact) mass is 510 g/mol. The molecule has 0 N–H and O–H groups in total. The summed E-state index contributed by atoms with van der Waals surface area (Å²) in [5.74, 6) is -5.77. The van der Waals surface area contributed by atoms with Crippen LogP contribution in [0.15, 0.2) is 57.5 Å². The van der Waals surface area contributed by atoms with Crippen molar-refractivity contribution in [2.24, 2.45) is 0 Å². The van der Waals surface area contributed by atoms with Crippen molar-refractivity contribution in [2.45, 2.75) is 0 Å². The van der Waals surface area contributed by atoms with E-state index in [2.05, 4.69) is 31.9 Å². The van der Waals surface area contributed by atoms with Crippen molar-refractivity contribution in [3.63, 3.8) is 0 Å². The second-order valence-electron chi connectivity index (χ2n) is 5.85. The minimum Gasteiger partial charge on any atom is -0.203 e. The maximum Gasteiger partial charge on any atom is 0.169 e. The Labute approximate surface area is 176 Å². The van der Waals surface area contributed by atoms with Crippen LogP contribution in [0.4, 0.5) is 17.6 Å². The molecule has 0 unspecified atom stereocenters. The van der Waals surface area contributed by atoms with Gasteiger partial charge in [0, 0.05) is 8.95 Å². The Morgan fingerprint density at radius 3 is 1.04 bits per heavy atom. The van der Waals surface area contributed by atoms with E-state index in [0.717, 1.165) is 21.1 Å². The van der Waals surface area contributed by atoms with Gasteiger partial charge in [-0.2, -0.15) is 0 Å². The van der Waals surface area contributed by atoms with Crippen molar-refractivity contribution in [3.8, 4) is 0 Å². The maximum atomic E-state index is 14.4. The van der Waals surface area contributed by atoms with Crippen LogP contribution < -0.4 is 0 Å². The molecular weight excluding hydrogens is 500 g/mol. The van der Waals surface area contributed by atoms with Crippen LogP contribution in [0, 0.1) is 23.3 Å². The van der Waals surface area contributed by atoms with Gasteiger partial charge in [-0.3, -0.25) is 0 Å². The smallest absolute Gasteiger partial charge is 0.169 e. The molecule has 0 atom stereocenters. The predicted octanol–water partition coefficient (Wildman–Crippen LogP) is 8.11. The molecule has 0 radical (unpaired) electrons. The van der Waals surface area contributed by atoms with Crippen LogP contribution in [0.1, 0.15) is 22.3 Å². The highest BCUT2D eigenvalue weighted by molar-refractivity contribution is 9.10. The minimum absolute atomic E-state index is 0.627. The molecule has 28 heavy (non-hydrogen) atoms. The highest BCUT2D eigenvalue weighted by Gasteiger charge is 2.22. The molecule has 0 aliphatic heterocycles. The van der Waals surface area contributed by atoms with Crippen molar-refractivity contribution < 1.29 is 17.6 Å². The highest BCUT2D eigenvalue weighted by atomic mass is 79.9. The Morgan fingerprint density at radius 1 is 0.464 bits per heavy atom. The molecule has 0 saturated carbocycles. The third-order valence-corrected chi connectivity index (χ3v) is 5.01. The van der Waals surface area contributed by atoms with E-state index in [9.17, 15) is 17.6 Å². The summed E-state index contributed by atoms with van der Waals surface area (Å²) in [6.07, 6.45) is 4.79. The lowest BCUT2D eigenvalue weighted by Gasteiger charge is -2.07. The number of halogens is 6. The summed E-state index contributed by atoms with van der Waals surface area (Å²) in [5, 5.41) is 0. The summed E-state index contributed by atoms with van der Waals surface area (Å²) >= 11 is 6.55. The minimum atomic E-state index is -1.44. The van der Waals surface area contributed by atoms with E-state index in [1.54, 1.807) is 48.5 Å². The van der Waals surface area contributed by atoms with Crippen molar-refractivity contribution in [3.05, 3.63) is 103 Å². The molecule has 0 spiro atoms. The zero-order valence-corrected chi connectivity index (χ0v) is 17.4. The van der Waals surface area contributed by atoms with Crippen LogP contribution in [0.2, 0.25) is 0 Å². The van der Waals surface area contributed by atoms with Crippen LogP contribution in [0.25, 0.3) is 24.3 Å². The van der Waals surface area contributed by atoms with E-state index in [0.29, 0.717) is 11.1 Å². The molecule has 0 aliphatic carbocycles. The first-order valence-electron chi connectivity index (χ1n) is 8.10. The molecule has 6 heteroatoms. The molecule has 0 amide bonds. The summed E-state index contributed by atoms with van der Waals surface area (Å²) < 4.78 is 59.1. The first-order chi connectivity index (χ1) is 13.4. The zero-order valence-electron chi connectivity index (χ0n) is 14.2. The van der Waals surface area contributed by atoms with Gasteiger partial charge < -0.3 is 0 Å². The Hall–Kier alpha value is -2.18. The van der Waals surface area contributed by atoms with E-state index in [1.807, 2.05) is 0 Å². The lowest BCUT2D eigenvalue weighted by Crippen LogP contribution is -2.03. The third-order valence-electron chi connectivity index (χ3n) is 3.96. The Morgan fingerprint density at radius 2 is 0.750 bits per heavy atom. The number of benzene rings is 3. The van der Waals surface area contributed by atoms with Crippen LogP contribution in [0.5, 0.6) is 0 Å². The van der Waals surface area contributed by atoms with Crippen LogP contribution >= 0.6 is 31.9 Å². The lowest BCUT2D eigenvalue weighted by molar-refractivity contribution is 0.448. The highest BCUT2D eigenvalue weighted by Crippen LogP contribution is 2.27. The van der Waals surface area contributed by atoms with E-state index in [-0.39, 0.29) is 0 Å². The number of rotatable bonds is 4. The second kappa shape index (κ2) is 8.88. The molecule has 0 saturated heterocycles. The molecule has 0 fully saturated rings. The van der Waals surface area contributed by atoms with Crippen molar-refractivity contribution in [1.29, 1.82) is 0 Å². The van der Waals surface area contributed by atoms with Crippen LogP contribution in [0.3, 0.4) is 0 Å². The van der Waals surface area contributed by atoms with Gasteiger partial charge in [-0.05, 0) is 47.5 Å². The normalized spacial score (nSPS) is 11.6. The van der Waals surface area contributed by atoms with Gasteiger partial charge in [0.15, 0.2) is 23.3 Å². The number of hydrogen-bond donors (Lipinski definition) is 0.